The van der Waals surface area contributed by atoms with Gasteiger partial charge >= 0.3 is 0 Å². The zero-order valence-electron chi connectivity index (χ0n) is 15.9. The van der Waals surface area contributed by atoms with Crippen LogP contribution in [-0.2, 0) is 4.79 Å². The molecule has 2 amide bonds. The van der Waals surface area contributed by atoms with E-state index in [0.717, 1.165) is 4.90 Å². The van der Waals surface area contributed by atoms with Crippen LogP contribution >= 0.6 is 23.4 Å². The highest BCUT2D eigenvalue weighted by molar-refractivity contribution is 8.00. The van der Waals surface area contributed by atoms with Crippen molar-refractivity contribution in [2.75, 3.05) is 23.5 Å². The number of methoxy groups -OCH3 is 1. The minimum Gasteiger partial charge on any atom is -0.495 e. The van der Waals surface area contributed by atoms with E-state index < -0.39 is 11.7 Å². The highest BCUT2D eigenvalue weighted by Gasteiger charge is 2.12. The Bertz CT molecular complexity index is 1080. The summed E-state index contributed by atoms with van der Waals surface area (Å²) in [4.78, 5) is 25.3. The molecular weight excluding hydrogens is 427 g/mol. The molecule has 0 saturated carbocycles. The van der Waals surface area contributed by atoms with Crippen molar-refractivity contribution in [1.29, 1.82) is 0 Å². The summed E-state index contributed by atoms with van der Waals surface area (Å²) in [6.45, 7) is 0. The van der Waals surface area contributed by atoms with Crippen molar-refractivity contribution in [3.63, 3.8) is 0 Å². The minimum atomic E-state index is -0.589. The van der Waals surface area contributed by atoms with E-state index in [0.29, 0.717) is 22.1 Å². The van der Waals surface area contributed by atoms with Gasteiger partial charge in [0.05, 0.1) is 24.1 Å². The summed E-state index contributed by atoms with van der Waals surface area (Å²) < 4.78 is 19.0. The molecule has 0 saturated heterocycles. The molecule has 0 spiro atoms. The normalized spacial score (nSPS) is 10.4. The van der Waals surface area contributed by atoms with Crippen molar-refractivity contribution in [2.45, 2.75) is 4.90 Å². The lowest BCUT2D eigenvalue weighted by molar-refractivity contribution is -0.113. The van der Waals surface area contributed by atoms with Crippen molar-refractivity contribution in [3.8, 4) is 5.75 Å². The van der Waals surface area contributed by atoms with E-state index in [4.69, 9.17) is 16.3 Å². The summed E-state index contributed by atoms with van der Waals surface area (Å²) in [6.07, 6.45) is 0. The lowest BCUT2D eigenvalue weighted by Crippen LogP contribution is -2.15. The van der Waals surface area contributed by atoms with Crippen LogP contribution in [0.1, 0.15) is 10.4 Å². The summed E-state index contributed by atoms with van der Waals surface area (Å²) in [5.41, 5.74) is 0.956. The average Bonchev–Trinajstić information content (AvgIpc) is 2.73. The Kier molecular flexibility index (Phi) is 7.32. The number of thioether (sulfide) groups is 1. The third-order valence-electron chi connectivity index (χ3n) is 4.02. The molecule has 0 aliphatic carbocycles. The first-order valence-electron chi connectivity index (χ1n) is 8.88. The van der Waals surface area contributed by atoms with Crippen molar-refractivity contribution in [3.05, 3.63) is 83.1 Å². The largest absolute Gasteiger partial charge is 0.495 e. The molecule has 0 bridgehead atoms. The molecule has 0 aromatic heterocycles. The quantitative estimate of drug-likeness (QED) is 0.474. The number of rotatable bonds is 7. The van der Waals surface area contributed by atoms with Gasteiger partial charge < -0.3 is 15.4 Å². The van der Waals surface area contributed by atoms with E-state index in [9.17, 15) is 14.0 Å². The molecular formula is C22H18ClFN2O3S. The lowest BCUT2D eigenvalue weighted by atomic mass is 10.2. The number of halogens is 2. The van der Waals surface area contributed by atoms with E-state index in [2.05, 4.69) is 10.6 Å². The standard InChI is InChI=1S/C22H18ClFN2O3S/c1-29-20-10-9-14(23)11-19(20)26-21(27)13-30-16-6-4-5-15(12-16)25-22(28)17-7-2-3-8-18(17)24/h2-12H,13H2,1H3,(H,25,28)(H,26,27). The lowest BCUT2D eigenvalue weighted by Gasteiger charge is -2.11. The molecule has 0 fully saturated rings. The second-order valence-electron chi connectivity index (χ2n) is 6.14. The average molecular weight is 445 g/mol. The maximum Gasteiger partial charge on any atom is 0.258 e. The van der Waals surface area contributed by atoms with Crippen LogP contribution in [0, 0.1) is 5.82 Å². The first-order valence-corrected chi connectivity index (χ1v) is 10.2. The zero-order valence-corrected chi connectivity index (χ0v) is 17.5. The van der Waals surface area contributed by atoms with Crippen LogP contribution in [0.3, 0.4) is 0 Å². The minimum absolute atomic E-state index is 0.0367. The van der Waals surface area contributed by atoms with E-state index in [-0.39, 0.29) is 17.2 Å². The molecule has 30 heavy (non-hydrogen) atoms. The van der Waals surface area contributed by atoms with Crippen LogP contribution in [0.15, 0.2) is 71.6 Å². The predicted molar refractivity (Wildman–Crippen MR) is 118 cm³/mol. The van der Waals surface area contributed by atoms with Crippen LogP contribution in [0.5, 0.6) is 5.75 Å². The van der Waals surface area contributed by atoms with Crippen LogP contribution in [0.25, 0.3) is 0 Å². The molecule has 0 radical (unpaired) electrons. The molecule has 5 nitrogen and oxygen atoms in total. The van der Waals surface area contributed by atoms with Crippen molar-refractivity contribution in [1.82, 2.24) is 0 Å². The number of ether oxygens (including phenoxy) is 1. The molecule has 8 heteroatoms. The second kappa shape index (κ2) is 10.1. The van der Waals surface area contributed by atoms with E-state index >= 15 is 0 Å². The van der Waals surface area contributed by atoms with Gasteiger partial charge in [0.2, 0.25) is 5.91 Å². The molecule has 0 aliphatic heterocycles. The summed E-state index contributed by atoms with van der Waals surface area (Å²) >= 11 is 7.27. The summed E-state index contributed by atoms with van der Waals surface area (Å²) in [7, 11) is 1.51. The fraction of sp³-hybridized carbons (Fsp3) is 0.0909. The SMILES string of the molecule is COc1ccc(Cl)cc1NC(=O)CSc1cccc(NC(=O)c2ccccc2F)c1. The van der Waals surface area contributed by atoms with Crippen molar-refractivity contribution < 1.29 is 18.7 Å². The van der Waals surface area contributed by atoms with E-state index in [1.54, 1.807) is 42.5 Å². The van der Waals surface area contributed by atoms with Crippen LogP contribution in [0.4, 0.5) is 15.8 Å². The van der Waals surface area contributed by atoms with Crippen molar-refractivity contribution in [2.24, 2.45) is 0 Å². The molecule has 3 aromatic carbocycles. The maximum atomic E-state index is 13.8. The monoisotopic (exact) mass is 444 g/mol. The number of hydrogen-bond donors (Lipinski definition) is 2. The number of anilines is 2. The van der Waals surface area contributed by atoms with Gasteiger partial charge in [-0.3, -0.25) is 9.59 Å². The molecule has 0 heterocycles. The Morgan fingerprint density at radius 1 is 1.03 bits per heavy atom. The molecule has 0 aliphatic rings. The molecule has 0 atom stereocenters. The number of carbonyl (C=O) groups excluding carboxylic acids is 2. The van der Waals surface area contributed by atoms with E-state index in [1.807, 2.05) is 6.07 Å². The Morgan fingerprint density at radius 2 is 1.83 bits per heavy atom. The number of amides is 2. The van der Waals surface area contributed by atoms with Gasteiger partial charge in [-0.15, -0.1) is 11.8 Å². The third kappa shape index (κ3) is 5.75. The topological polar surface area (TPSA) is 67.4 Å². The summed E-state index contributed by atoms with van der Waals surface area (Å²) in [5.74, 6) is -0.716. The molecule has 3 rings (SSSR count). The van der Waals surface area contributed by atoms with Gasteiger partial charge in [0.25, 0.3) is 5.91 Å². The predicted octanol–water partition coefficient (Wildman–Crippen LogP) is 5.47. The van der Waals surface area contributed by atoms with Gasteiger partial charge in [0.1, 0.15) is 11.6 Å². The number of benzene rings is 3. The van der Waals surface area contributed by atoms with Crippen LogP contribution in [0.2, 0.25) is 5.02 Å². The summed E-state index contributed by atoms with van der Waals surface area (Å²) in [5, 5.41) is 5.91. The highest BCUT2D eigenvalue weighted by atomic mass is 35.5. The fourth-order valence-electron chi connectivity index (χ4n) is 2.62. The second-order valence-corrected chi connectivity index (χ2v) is 7.63. The third-order valence-corrected chi connectivity index (χ3v) is 5.24. The highest BCUT2D eigenvalue weighted by Crippen LogP contribution is 2.28. The van der Waals surface area contributed by atoms with Crippen LogP contribution in [-0.4, -0.2) is 24.7 Å². The first kappa shape index (κ1) is 21.7. The Morgan fingerprint density at radius 3 is 2.60 bits per heavy atom. The maximum absolute atomic E-state index is 13.8. The van der Waals surface area contributed by atoms with Gasteiger partial charge in [-0.1, -0.05) is 29.8 Å². The smallest absolute Gasteiger partial charge is 0.258 e. The number of hydrogen-bond acceptors (Lipinski definition) is 4. The Balaban J connectivity index is 1.60. The first-order chi connectivity index (χ1) is 14.5. The van der Waals surface area contributed by atoms with Gasteiger partial charge in [-0.2, -0.15) is 0 Å². The summed E-state index contributed by atoms with van der Waals surface area (Å²) in [6, 6.07) is 17.7. The molecule has 154 valence electrons. The zero-order chi connectivity index (χ0) is 21.5. The Hall–Kier alpha value is -3.03. The molecule has 0 unspecified atom stereocenters. The van der Waals surface area contributed by atoms with Gasteiger partial charge in [0, 0.05) is 15.6 Å². The van der Waals surface area contributed by atoms with Crippen LogP contribution < -0.4 is 15.4 Å². The van der Waals surface area contributed by atoms with E-state index in [1.165, 1.54) is 37.1 Å². The van der Waals surface area contributed by atoms with Crippen molar-refractivity contribution >= 4 is 46.6 Å². The van der Waals surface area contributed by atoms with Gasteiger partial charge in [0.15, 0.2) is 0 Å². The van der Waals surface area contributed by atoms with Gasteiger partial charge in [-0.25, -0.2) is 4.39 Å². The number of nitrogens with one attached hydrogen (secondary N) is 2. The molecule has 2 N–H and O–H groups in total. The molecule has 3 aromatic rings. The fourth-order valence-corrected chi connectivity index (χ4v) is 3.55. The Labute approximate surface area is 182 Å². The van der Waals surface area contributed by atoms with Gasteiger partial charge in [-0.05, 0) is 48.5 Å². The number of carbonyl (C=O) groups is 2.